The van der Waals surface area contributed by atoms with Gasteiger partial charge < -0.3 is 14.4 Å². The van der Waals surface area contributed by atoms with Gasteiger partial charge in [-0.05, 0) is 12.1 Å². The van der Waals surface area contributed by atoms with E-state index in [4.69, 9.17) is 9.47 Å². The average molecular weight is 335 g/mol. The third-order valence-electron chi connectivity index (χ3n) is 3.09. The molecule has 0 aromatic heterocycles. The third kappa shape index (κ3) is 4.70. The first-order chi connectivity index (χ1) is 11.5. The van der Waals surface area contributed by atoms with Gasteiger partial charge in [0.2, 0.25) is 5.91 Å². The van der Waals surface area contributed by atoms with Gasteiger partial charge in [0.1, 0.15) is 5.75 Å². The highest BCUT2D eigenvalue weighted by Crippen LogP contribution is 2.31. The Morgan fingerprint density at radius 1 is 1.25 bits per heavy atom. The number of hydrazine groups is 1. The minimum Gasteiger partial charge on any atom is -0.482 e. The van der Waals surface area contributed by atoms with Gasteiger partial charge in [-0.1, -0.05) is 12.1 Å². The lowest BCUT2D eigenvalue weighted by Gasteiger charge is -2.28. The molecular weight excluding hydrogens is 318 g/mol. The van der Waals surface area contributed by atoms with Crippen molar-refractivity contribution < 1.29 is 28.7 Å². The summed E-state index contributed by atoms with van der Waals surface area (Å²) in [6, 6.07) is 7.01. The summed E-state index contributed by atoms with van der Waals surface area (Å²) in [6.45, 7) is 0.729. The second-order valence-electron chi connectivity index (χ2n) is 4.94. The summed E-state index contributed by atoms with van der Waals surface area (Å²) in [7, 11) is 0. The molecule has 1 aliphatic rings. The van der Waals surface area contributed by atoms with Gasteiger partial charge in [-0.2, -0.15) is 0 Å². The van der Waals surface area contributed by atoms with Gasteiger partial charge in [0, 0.05) is 13.5 Å². The molecule has 9 heteroatoms. The van der Waals surface area contributed by atoms with Gasteiger partial charge >= 0.3 is 5.97 Å². The van der Waals surface area contributed by atoms with Crippen LogP contribution < -0.4 is 20.5 Å². The molecule has 0 aliphatic carbocycles. The molecule has 3 amide bonds. The van der Waals surface area contributed by atoms with E-state index >= 15 is 0 Å². The first kappa shape index (κ1) is 17.3. The van der Waals surface area contributed by atoms with Crippen molar-refractivity contribution >= 4 is 29.4 Å². The lowest BCUT2D eigenvalue weighted by molar-refractivity contribution is -0.148. The molecule has 24 heavy (non-hydrogen) atoms. The Balaban J connectivity index is 1.80. The van der Waals surface area contributed by atoms with Crippen LogP contribution in [0.25, 0.3) is 0 Å². The number of rotatable bonds is 5. The van der Waals surface area contributed by atoms with E-state index in [0.29, 0.717) is 11.4 Å². The van der Waals surface area contributed by atoms with Crippen molar-refractivity contribution in [2.24, 2.45) is 0 Å². The van der Waals surface area contributed by atoms with Crippen LogP contribution in [0.4, 0.5) is 5.69 Å². The van der Waals surface area contributed by atoms with Crippen LogP contribution in [0.3, 0.4) is 0 Å². The van der Waals surface area contributed by atoms with Crippen LogP contribution in [0.5, 0.6) is 5.75 Å². The monoisotopic (exact) mass is 335 g/mol. The number of hydrogen-bond acceptors (Lipinski definition) is 6. The lowest BCUT2D eigenvalue weighted by Crippen LogP contribution is -2.43. The van der Waals surface area contributed by atoms with Crippen molar-refractivity contribution in [1.82, 2.24) is 10.9 Å². The number of para-hydroxylation sites is 2. The van der Waals surface area contributed by atoms with Crippen LogP contribution in [0, 0.1) is 0 Å². The molecule has 128 valence electrons. The highest BCUT2D eigenvalue weighted by atomic mass is 16.5. The first-order valence-electron chi connectivity index (χ1n) is 7.20. The smallest absolute Gasteiger partial charge is 0.308 e. The Hall–Kier alpha value is -3.10. The molecule has 2 N–H and O–H groups in total. The average Bonchev–Trinajstić information content (AvgIpc) is 2.57. The number of nitrogens with zero attached hydrogens (tertiary/aromatic N) is 1. The number of carbonyl (C=O) groups excluding carboxylic acids is 4. The highest BCUT2D eigenvalue weighted by molar-refractivity contribution is 5.98. The second kappa shape index (κ2) is 7.95. The number of fused-ring (bicyclic) bond motifs is 1. The van der Waals surface area contributed by atoms with Crippen LogP contribution >= 0.6 is 0 Å². The van der Waals surface area contributed by atoms with E-state index in [2.05, 4.69) is 10.9 Å². The summed E-state index contributed by atoms with van der Waals surface area (Å²) < 4.78 is 10.1. The number of benzene rings is 1. The fourth-order valence-corrected chi connectivity index (χ4v) is 2.01. The van der Waals surface area contributed by atoms with Gasteiger partial charge in [0.05, 0.1) is 12.1 Å². The molecule has 0 saturated heterocycles. The Morgan fingerprint density at radius 3 is 2.75 bits per heavy atom. The molecule has 0 atom stereocenters. The van der Waals surface area contributed by atoms with Crippen molar-refractivity contribution in [3.8, 4) is 5.75 Å². The predicted octanol–water partition coefficient (Wildman–Crippen LogP) is -0.487. The van der Waals surface area contributed by atoms with Crippen molar-refractivity contribution in [1.29, 1.82) is 0 Å². The van der Waals surface area contributed by atoms with E-state index in [9.17, 15) is 19.2 Å². The van der Waals surface area contributed by atoms with Crippen molar-refractivity contribution in [2.45, 2.75) is 13.3 Å². The van der Waals surface area contributed by atoms with Gasteiger partial charge in [-0.25, -0.2) is 0 Å². The largest absolute Gasteiger partial charge is 0.482 e. The summed E-state index contributed by atoms with van der Waals surface area (Å²) in [5.41, 5.74) is 4.73. The quantitative estimate of drug-likeness (QED) is 0.554. The molecule has 0 fully saturated rings. The molecule has 1 heterocycles. The van der Waals surface area contributed by atoms with Crippen LogP contribution in [0.2, 0.25) is 0 Å². The maximum atomic E-state index is 11.9. The van der Waals surface area contributed by atoms with E-state index in [1.54, 1.807) is 24.3 Å². The van der Waals surface area contributed by atoms with Crippen LogP contribution in [0.1, 0.15) is 13.3 Å². The summed E-state index contributed by atoms with van der Waals surface area (Å²) in [6.07, 6.45) is -0.0759. The lowest BCUT2D eigenvalue weighted by atomic mass is 10.2. The molecule has 1 aromatic carbocycles. The number of anilines is 1. The number of hydrogen-bond donors (Lipinski definition) is 2. The molecule has 9 nitrogen and oxygen atoms in total. The maximum Gasteiger partial charge on any atom is 0.308 e. The number of ether oxygens (including phenoxy) is 2. The van der Waals surface area contributed by atoms with Crippen molar-refractivity contribution in [2.75, 3.05) is 24.7 Å². The molecule has 1 aromatic rings. The topological polar surface area (TPSA) is 114 Å². The minimum absolute atomic E-state index is 0.0759. The molecule has 1 aliphatic heterocycles. The maximum absolute atomic E-state index is 11.9. The summed E-state index contributed by atoms with van der Waals surface area (Å²) in [5, 5.41) is 0. The van der Waals surface area contributed by atoms with Crippen LogP contribution in [-0.4, -0.2) is 43.4 Å². The number of esters is 1. The fourth-order valence-electron chi connectivity index (χ4n) is 2.01. The van der Waals surface area contributed by atoms with Gasteiger partial charge in [0.25, 0.3) is 11.8 Å². The number of nitrogens with one attached hydrogen (secondary N) is 2. The van der Waals surface area contributed by atoms with E-state index in [0.717, 1.165) is 0 Å². The van der Waals surface area contributed by atoms with Crippen molar-refractivity contribution in [3.05, 3.63) is 24.3 Å². The number of amides is 3. The Labute approximate surface area is 137 Å². The second-order valence-corrected chi connectivity index (χ2v) is 4.94. The predicted molar refractivity (Wildman–Crippen MR) is 81.8 cm³/mol. The molecule has 0 bridgehead atoms. The van der Waals surface area contributed by atoms with Gasteiger partial charge in [0.15, 0.2) is 13.2 Å². The molecule has 0 spiro atoms. The minimum atomic E-state index is -0.661. The zero-order valence-electron chi connectivity index (χ0n) is 13.0. The van der Waals surface area contributed by atoms with Gasteiger partial charge in [-0.3, -0.25) is 30.0 Å². The normalized spacial score (nSPS) is 12.7. The number of carbonyl (C=O) groups is 4. The highest BCUT2D eigenvalue weighted by Gasteiger charge is 2.25. The van der Waals surface area contributed by atoms with Crippen LogP contribution in [-0.2, 0) is 23.9 Å². The fraction of sp³-hybridized carbons (Fsp3) is 0.333. The molecular formula is C15H17N3O6. The molecule has 0 radical (unpaired) electrons. The Morgan fingerprint density at radius 2 is 2.00 bits per heavy atom. The van der Waals surface area contributed by atoms with Crippen molar-refractivity contribution in [3.63, 3.8) is 0 Å². The Bertz CT molecular complexity index is 660. The van der Waals surface area contributed by atoms with E-state index < -0.39 is 24.4 Å². The van der Waals surface area contributed by atoms with E-state index in [-0.39, 0.29) is 25.5 Å². The zero-order chi connectivity index (χ0) is 17.5. The summed E-state index contributed by atoms with van der Waals surface area (Å²) >= 11 is 0. The summed E-state index contributed by atoms with van der Waals surface area (Å²) in [5.74, 6) is -1.43. The zero-order valence-corrected chi connectivity index (χ0v) is 13.0. The molecule has 0 unspecified atom stereocenters. The standard InChI is InChI=1S/C15H17N3O6/c1-10(19)16-17-13(20)8-24-15(22)6-7-18-11-4-2-3-5-12(11)23-9-14(18)21/h2-5H,6-9H2,1H3,(H,16,19)(H,17,20). The van der Waals surface area contributed by atoms with Crippen LogP contribution in [0.15, 0.2) is 24.3 Å². The molecule has 0 saturated carbocycles. The SMILES string of the molecule is CC(=O)NNC(=O)COC(=O)CCN1C(=O)COc2ccccc21. The first-order valence-corrected chi connectivity index (χ1v) is 7.20. The van der Waals surface area contributed by atoms with E-state index in [1.165, 1.54) is 11.8 Å². The Kier molecular flexibility index (Phi) is 5.72. The van der Waals surface area contributed by atoms with Gasteiger partial charge in [-0.15, -0.1) is 0 Å². The summed E-state index contributed by atoms with van der Waals surface area (Å²) in [4.78, 5) is 47.0. The molecule has 2 rings (SSSR count). The third-order valence-corrected chi connectivity index (χ3v) is 3.09. The van der Waals surface area contributed by atoms with E-state index in [1.807, 2.05) is 0 Å².